The molecular formula is C18H29N5O4. The fourth-order valence-corrected chi connectivity index (χ4v) is 3.11. The van der Waals surface area contributed by atoms with Crippen molar-refractivity contribution in [2.24, 2.45) is 16.5 Å². The highest BCUT2D eigenvalue weighted by Crippen LogP contribution is 2.38. The van der Waals surface area contributed by atoms with Crippen molar-refractivity contribution in [3.8, 4) is 17.2 Å². The molecule has 1 aliphatic rings. The number of nitrogens with two attached hydrogens (primary N) is 2. The molecule has 1 aromatic carbocycles. The third-order valence-electron chi connectivity index (χ3n) is 4.50. The Morgan fingerprint density at radius 3 is 2.26 bits per heavy atom. The normalized spacial score (nSPS) is 15.0. The summed E-state index contributed by atoms with van der Waals surface area (Å²) in [5, 5.41) is 0. The van der Waals surface area contributed by atoms with E-state index in [9.17, 15) is 4.79 Å². The fourth-order valence-electron chi connectivity index (χ4n) is 3.11. The predicted octanol–water partition coefficient (Wildman–Crippen LogP) is 0.134. The topological polar surface area (TPSA) is 116 Å². The van der Waals surface area contributed by atoms with Crippen molar-refractivity contribution in [3.05, 3.63) is 17.7 Å². The van der Waals surface area contributed by atoms with Gasteiger partial charge in [-0.3, -0.25) is 14.7 Å². The predicted molar refractivity (Wildman–Crippen MR) is 104 cm³/mol. The van der Waals surface area contributed by atoms with Crippen LogP contribution >= 0.6 is 0 Å². The number of carbonyl (C=O) groups is 1. The number of amides is 1. The molecule has 0 bridgehead atoms. The summed E-state index contributed by atoms with van der Waals surface area (Å²) < 4.78 is 16.0. The van der Waals surface area contributed by atoms with E-state index in [2.05, 4.69) is 9.89 Å². The lowest BCUT2D eigenvalue weighted by Crippen LogP contribution is -2.36. The van der Waals surface area contributed by atoms with Crippen LogP contribution in [0.1, 0.15) is 16.8 Å². The molecule has 0 aliphatic carbocycles. The quantitative estimate of drug-likeness (QED) is 0.511. The number of carbonyl (C=O) groups excluding carboxylic acids is 1. The van der Waals surface area contributed by atoms with Crippen molar-refractivity contribution in [2.75, 3.05) is 60.6 Å². The number of methoxy groups -OCH3 is 3. The molecule has 9 heteroatoms. The molecule has 9 nitrogen and oxygen atoms in total. The first kappa shape index (κ1) is 20.6. The lowest BCUT2D eigenvalue weighted by atomic mass is 10.1. The SMILES string of the molecule is COc1cc(C(=O)N2CCCN(CCN=C(N)N)CC2)cc(OC)c1OC. The highest BCUT2D eigenvalue weighted by Gasteiger charge is 2.23. The molecule has 0 unspecified atom stereocenters. The number of guanidine groups is 1. The van der Waals surface area contributed by atoms with E-state index < -0.39 is 0 Å². The summed E-state index contributed by atoms with van der Waals surface area (Å²) in [5.74, 6) is 1.45. The van der Waals surface area contributed by atoms with Crippen molar-refractivity contribution < 1.29 is 19.0 Å². The van der Waals surface area contributed by atoms with Gasteiger partial charge in [-0.15, -0.1) is 0 Å². The molecule has 1 aliphatic heterocycles. The molecule has 1 aromatic rings. The van der Waals surface area contributed by atoms with Crippen molar-refractivity contribution in [3.63, 3.8) is 0 Å². The zero-order valence-corrected chi connectivity index (χ0v) is 16.2. The van der Waals surface area contributed by atoms with E-state index in [1.165, 1.54) is 21.3 Å². The maximum absolute atomic E-state index is 13.0. The summed E-state index contributed by atoms with van der Waals surface area (Å²) in [7, 11) is 4.60. The van der Waals surface area contributed by atoms with E-state index in [1.807, 2.05) is 4.90 Å². The van der Waals surface area contributed by atoms with Gasteiger partial charge in [0.1, 0.15) is 0 Å². The van der Waals surface area contributed by atoms with Crippen LogP contribution in [0.4, 0.5) is 0 Å². The molecule has 2 rings (SSSR count). The second kappa shape index (κ2) is 9.86. The number of hydrogen-bond donors (Lipinski definition) is 2. The van der Waals surface area contributed by atoms with E-state index in [0.29, 0.717) is 42.4 Å². The van der Waals surface area contributed by atoms with Crippen LogP contribution in [0, 0.1) is 0 Å². The Labute approximate surface area is 159 Å². The van der Waals surface area contributed by atoms with Crippen LogP contribution < -0.4 is 25.7 Å². The van der Waals surface area contributed by atoms with Gasteiger partial charge in [-0.1, -0.05) is 0 Å². The maximum Gasteiger partial charge on any atom is 0.254 e. The molecule has 0 spiro atoms. The van der Waals surface area contributed by atoms with Gasteiger partial charge in [-0.05, 0) is 25.1 Å². The molecule has 1 fully saturated rings. The first-order valence-electron chi connectivity index (χ1n) is 8.87. The third-order valence-corrected chi connectivity index (χ3v) is 4.50. The van der Waals surface area contributed by atoms with Gasteiger partial charge in [0, 0.05) is 31.7 Å². The Hall–Kier alpha value is -2.68. The number of ether oxygens (including phenoxy) is 3. The summed E-state index contributed by atoms with van der Waals surface area (Å²) >= 11 is 0. The first-order chi connectivity index (χ1) is 13.0. The van der Waals surface area contributed by atoms with Gasteiger partial charge >= 0.3 is 0 Å². The van der Waals surface area contributed by atoms with Gasteiger partial charge in [0.2, 0.25) is 5.75 Å². The molecule has 1 saturated heterocycles. The highest BCUT2D eigenvalue weighted by atomic mass is 16.5. The van der Waals surface area contributed by atoms with E-state index in [0.717, 1.165) is 26.1 Å². The summed E-state index contributed by atoms with van der Waals surface area (Å²) in [6.45, 7) is 4.33. The van der Waals surface area contributed by atoms with Crippen LogP contribution in [0.15, 0.2) is 17.1 Å². The minimum absolute atomic E-state index is 0.0553. The standard InChI is InChI=1S/C18H29N5O4/c1-25-14-11-13(12-15(26-2)16(14)27-3)17(24)23-7-4-6-22(9-10-23)8-5-21-18(19)20/h11-12H,4-10H2,1-3H3,(H4,19,20,21). The molecule has 0 aromatic heterocycles. The van der Waals surface area contributed by atoms with Crippen molar-refractivity contribution in [2.45, 2.75) is 6.42 Å². The zero-order chi connectivity index (χ0) is 19.8. The first-order valence-corrected chi connectivity index (χ1v) is 8.87. The Morgan fingerprint density at radius 1 is 1.04 bits per heavy atom. The number of aliphatic imine (C=N–C) groups is 1. The van der Waals surface area contributed by atoms with E-state index in [1.54, 1.807) is 12.1 Å². The molecule has 4 N–H and O–H groups in total. The molecule has 1 heterocycles. The van der Waals surface area contributed by atoms with Crippen molar-refractivity contribution in [1.29, 1.82) is 0 Å². The second-order valence-corrected chi connectivity index (χ2v) is 6.21. The largest absolute Gasteiger partial charge is 0.493 e. The monoisotopic (exact) mass is 379 g/mol. The lowest BCUT2D eigenvalue weighted by molar-refractivity contribution is 0.0761. The van der Waals surface area contributed by atoms with Gasteiger partial charge in [0.15, 0.2) is 17.5 Å². The van der Waals surface area contributed by atoms with Gasteiger partial charge in [-0.2, -0.15) is 0 Å². The van der Waals surface area contributed by atoms with Crippen molar-refractivity contribution in [1.82, 2.24) is 9.80 Å². The summed E-state index contributed by atoms with van der Waals surface area (Å²) in [4.78, 5) is 21.1. The highest BCUT2D eigenvalue weighted by molar-refractivity contribution is 5.95. The zero-order valence-electron chi connectivity index (χ0n) is 16.2. The molecule has 0 atom stereocenters. The lowest BCUT2D eigenvalue weighted by Gasteiger charge is -2.22. The van der Waals surface area contributed by atoms with E-state index >= 15 is 0 Å². The minimum atomic E-state index is -0.0553. The molecule has 27 heavy (non-hydrogen) atoms. The Bertz CT molecular complexity index is 651. The molecule has 0 saturated carbocycles. The number of benzene rings is 1. The third kappa shape index (κ3) is 5.40. The maximum atomic E-state index is 13.0. The van der Waals surface area contributed by atoms with Gasteiger partial charge in [0.25, 0.3) is 5.91 Å². The number of rotatable bonds is 7. The molecule has 150 valence electrons. The van der Waals surface area contributed by atoms with Crippen LogP contribution in [0.25, 0.3) is 0 Å². The fraction of sp³-hybridized carbons (Fsp3) is 0.556. The van der Waals surface area contributed by atoms with Crippen LogP contribution in [0.3, 0.4) is 0 Å². The van der Waals surface area contributed by atoms with Gasteiger partial charge < -0.3 is 30.6 Å². The molecule has 1 amide bonds. The van der Waals surface area contributed by atoms with Gasteiger partial charge in [-0.25, -0.2) is 0 Å². The second-order valence-electron chi connectivity index (χ2n) is 6.21. The summed E-state index contributed by atoms with van der Waals surface area (Å²) in [6, 6.07) is 3.37. The van der Waals surface area contributed by atoms with Gasteiger partial charge in [0.05, 0.1) is 27.9 Å². The van der Waals surface area contributed by atoms with Crippen LogP contribution in [0.2, 0.25) is 0 Å². The number of hydrogen-bond acceptors (Lipinski definition) is 6. The average Bonchev–Trinajstić information content (AvgIpc) is 2.91. The number of nitrogens with zero attached hydrogens (tertiary/aromatic N) is 3. The Morgan fingerprint density at radius 2 is 1.70 bits per heavy atom. The van der Waals surface area contributed by atoms with E-state index in [4.69, 9.17) is 25.7 Å². The molecular weight excluding hydrogens is 350 g/mol. The Kier molecular flexibility index (Phi) is 7.54. The Balaban J connectivity index is 2.08. The van der Waals surface area contributed by atoms with Crippen LogP contribution in [0.5, 0.6) is 17.2 Å². The van der Waals surface area contributed by atoms with Crippen LogP contribution in [-0.4, -0.2) is 82.3 Å². The minimum Gasteiger partial charge on any atom is -0.493 e. The summed E-state index contributed by atoms with van der Waals surface area (Å²) in [6.07, 6.45) is 0.887. The van der Waals surface area contributed by atoms with Crippen molar-refractivity contribution >= 4 is 11.9 Å². The summed E-state index contributed by atoms with van der Waals surface area (Å²) in [5.41, 5.74) is 11.2. The average molecular weight is 379 g/mol. The smallest absolute Gasteiger partial charge is 0.254 e. The molecule has 0 radical (unpaired) electrons. The van der Waals surface area contributed by atoms with E-state index in [-0.39, 0.29) is 11.9 Å². The van der Waals surface area contributed by atoms with Crippen LogP contribution in [-0.2, 0) is 0 Å².